The number of carbonyl (C=O) groups is 2. The fraction of sp³-hybridized carbons (Fsp3) is 0.304. The Labute approximate surface area is 168 Å². The molecular weight excluding hydrogens is 373 g/mol. The molecule has 29 heavy (non-hydrogen) atoms. The first-order valence-electron chi connectivity index (χ1n) is 9.47. The van der Waals surface area contributed by atoms with Gasteiger partial charge in [-0.15, -0.1) is 0 Å². The fourth-order valence-electron chi connectivity index (χ4n) is 3.09. The predicted octanol–water partition coefficient (Wildman–Crippen LogP) is 4.54. The molecule has 0 fully saturated rings. The Hall–Kier alpha value is -3.15. The van der Waals surface area contributed by atoms with Crippen LogP contribution in [0.15, 0.2) is 47.1 Å². The first-order valence-corrected chi connectivity index (χ1v) is 9.47. The zero-order chi connectivity index (χ0) is 21.1. The maximum Gasteiger partial charge on any atom is 0.311 e. The summed E-state index contributed by atoms with van der Waals surface area (Å²) >= 11 is 0. The molecule has 0 radical (unpaired) electrons. The monoisotopic (exact) mass is 397 g/mol. The van der Waals surface area contributed by atoms with E-state index < -0.39 is 18.0 Å². The van der Waals surface area contributed by atoms with E-state index in [0.29, 0.717) is 0 Å². The van der Waals surface area contributed by atoms with Crippen LogP contribution in [0.4, 0.5) is 4.39 Å². The minimum Gasteiger partial charge on any atom is -0.464 e. The van der Waals surface area contributed by atoms with Crippen LogP contribution in [0.2, 0.25) is 0 Å². The number of halogens is 1. The second kappa shape index (κ2) is 8.47. The minimum absolute atomic E-state index is 0.0145. The molecule has 0 unspecified atom stereocenters. The summed E-state index contributed by atoms with van der Waals surface area (Å²) in [7, 11) is 0. The Balaban J connectivity index is 1.59. The highest BCUT2D eigenvalue weighted by molar-refractivity contribution is 5.88. The van der Waals surface area contributed by atoms with Crippen LogP contribution in [-0.4, -0.2) is 18.0 Å². The lowest BCUT2D eigenvalue weighted by atomic mass is 10.0. The van der Waals surface area contributed by atoms with Crippen molar-refractivity contribution in [2.75, 3.05) is 0 Å². The summed E-state index contributed by atoms with van der Waals surface area (Å²) in [5.74, 6) is -1.27. The molecule has 1 heterocycles. The van der Waals surface area contributed by atoms with Gasteiger partial charge in [-0.25, -0.2) is 4.39 Å². The molecule has 6 heteroatoms. The van der Waals surface area contributed by atoms with Crippen molar-refractivity contribution in [1.82, 2.24) is 5.32 Å². The molecule has 3 aromatic rings. The van der Waals surface area contributed by atoms with Gasteiger partial charge in [-0.2, -0.15) is 0 Å². The average molecular weight is 397 g/mol. The van der Waals surface area contributed by atoms with Crippen molar-refractivity contribution in [2.24, 2.45) is 0 Å². The minimum atomic E-state index is -0.951. The van der Waals surface area contributed by atoms with Crippen LogP contribution in [0, 0.1) is 19.7 Å². The third-order valence-electron chi connectivity index (χ3n) is 5.01. The lowest BCUT2D eigenvalue weighted by Crippen LogP contribution is -2.37. The molecule has 1 N–H and O–H groups in total. The summed E-state index contributed by atoms with van der Waals surface area (Å²) in [6.07, 6.45) is 0.611. The zero-order valence-corrected chi connectivity index (χ0v) is 16.9. The summed E-state index contributed by atoms with van der Waals surface area (Å²) in [5.41, 5.74) is 4.42. The number of fused-ring (bicyclic) bond motifs is 1. The van der Waals surface area contributed by atoms with Gasteiger partial charge in [0.1, 0.15) is 11.4 Å². The topological polar surface area (TPSA) is 68.5 Å². The van der Waals surface area contributed by atoms with Gasteiger partial charge in [0.15, 0.2) is 6.10 Å². The van der Waals surface area contributed by atoms with Crippen molar-refractivity contribution in [2.45, 2.75) is 46.3 Å². The van der Waals surface area contributed by atoms with E-state index in [1.807, 2.05) is 26.0 Å². The molecule has 2 atom stereocenters. The first kappa shape index (κ1) is 20.6. The Bertz CT molecular complexity index is 1040. The third kappa shape index (κ3) is 4.83. The Morgan fingerprint density at radius 3 is 2.45 bits per heavy atom. The largest absolute Gasteiger partial charge is 0.464 e. The predicted molar refractivity (Wildman–Crippen MR) is 108 cm³/mol. The van der Waals surface area contributed by atoms with Crippen molar-refractivity contribution >= 4 is 22.8 Å². The Kier molecular flexibility index (Phi) is 6.01. The molecule has 0 saturated carbocycles. The number of amides is 1. The van der Waals surface area contributed by atoms with E-state index in [1.54, 1.807) is 25.3 Å². The van der Waals surface area contributed by atoms with Gasteiger partial charge < -0.3 is 14.5 Å². The van der Waals surface area contributed by atoms with E-state index in [4.69, 9.17) is 9.15 Å². The molecule has 0 aliphatic rings. The van der Waals surface area contributed by atoms with Gasteiger partial charge in [0, 0.05) is 10.9 Å². The van der Waals surface area contributed by atoms with Crippen molar-refractivity contribution in [3.63, 3.8) is 0 Å². The summed E-state index contributed by atoms with van der Waals surface area (Å²) in [6, 6.07) is 9.45. The molecule has 1 amide bonds. The number of carbonyl (C=O) groups excluding carboxylic acids is 2. The lowest BCUT2D eigenvalue weighted by molar-refractivity contribution is -0.154. The molecule has 0 spiro atoms. The molecule has 5 nitrogen and oxygen atoms in total. The molecule has 0 bridgehead atoms. The molecule has 152 valence electrons. The van der Waals surface area contributed by atoms with E-state index in [0.717, 1.165) is 33.2 Å². The normalized spacial score (nSPS) is 13.1. The maximum atomic E-state index is 13.0. The van der Waals surface area contributed by atoms with Crippen molar-refractivity contribution in [1.29, 1.82) is 0 Å². The van der Waals surface area contributed by atoms with Crippen LogP contribution in [-0.2, 0) is 20.7 Å². The van der Waals surface area contributed by atoms with Crippen LogP contribution in [0.25, 0.3) is 11.0 Å². The maximum absolute atomic E-state index is 13.0. The Morgan fingerprint density at radius 2 is 1.76 bits per heavy atom. The quantitative estimate of drug-likeness (QED) is 0.620. The highest BCUT2D eigenvalue weighted by Crippen LogP contribution is 2.25. The van der Waals surface area contributed by atoms with Gasteiger partial charge in [-0.3, -0.25) is 9.59 Å². The van der Waals surface area contributed by atoms with Crippen molar-refractivity contribution in [3.05, 3.63) is 70.7 Å². The van der Waals surface area contributed by atoms with Crippen LogP contribution >= 0.6 is 0 Å². The Morgan fingerprint density at radius 1 is 1.10 bits per heavy atom. The number of benzene rings is 2. The standard InChI is InChI=1S/C23H24FNO4/c1-13-9-20-18(12-28-21(20)10-14(13)2)11-22(26)29-16(4)23(27)25-15(3)17-5-7-19(24)8-6-17/h5-10,12,15-16H,11H2,1-4H3,(H,25,27)/t15-,16+/m0/s1. The molecule has 3 rings (SSSR count). The highest BCUT2D eigenvalue weighted by atomic mass is 19.1. The van der Waals surface area contributed by atoms with Gasteiger partial charge in [0.05, 0.1) is 18.7 Å². The summed E-state index contributed by atoms with van der Waals surface area (Å²) < 4.78 is 23.9. The number of rotatable bonds is 6. The molecule has 0 saturated heterocycles. The summed E-state index contributed by atoms with van der Waals surface area (Å²) in [6.45, 7) is 7.30. The van der Waals surface area contributed by atoms with Crippen molar-refractivity contribution in [3.8, 4) is 0 Å². The van der Waals surface area contributed by atoms with E-state index in [2.05, 4.69) is 5.32 Å². The number of aryl methyl sites for hydroxylation is 2. The second-order valence-electron chi connectivity index (χ2n) is 7.28. The van der Waals surface area contributed by atoms with Crippen molar-refractivity contribution < 1.29 is 23.1 Å². The van der Waals surface area contributed by atoms with Crippen LogP contribution in [0.5, 0.6) is 0 Å². The van der Waals surface area contributed by atoms with Gasteiger partial charge >= 0.3 is 5.97 Å². The molecule has 0 aliphatic carbocycles. The molecule has 0 aliphatic heterocycles. The van der Waals surface area contributed by atoms with E-state index in [1.165, 1.54) is 19.1 Å². The molecular formula is C23H24FNO4. The van der Waals surface area contributed by atoms with Crippen LogP contribution < -0.4 is 5.32 Å². The number of furan rings is 1. The average Bonchev–Trinajstić information content (AvgIpc) is 3.03. The third-order valence-corrected chi connectivity index (χ3v) is 5.01. The molecule has 1 aromatic heterocycles. The lowest BCUT2D eigenvalue weighted by Gasteiger charge is -2.18. The highest BCUT2D eigenvalue weighted by Gasteiger charge is 2.21. The summed E-state index contributed by atoms with van der Waals surface area (Å²) in [5, 5.41) is 3.63. The van der Waals surface area contributed by atoms with Crippen LogP contribution in [0.1, 0.15) is 42.1 Å². The smallest absolute Gasteiger partial charge is 0.311 e. The number of hydrogen-bond acceptors (Lipinski definition) is 4. The van der Waals surface area contributed by atoms with E-state index in [-0.39, 0.29) is 18.3 Å². The number of ether oxygens (including phenoxy) is 1. The van der Waals surface area contributed by atoms with E-state index >= 15 is 0 Å². The first-order chi connectivity index (χ1) is 13.7. The van der Waals surface area contributed by atoms with Gasteiger partial charge in [0.25, 0.3) is 5.91 Å². The fourth-order valence-corrected chi connectivity index (χ4v) is 3.09. The van der Waals surface area contributed by atoms with Gasteiger partial charge in [-0.05, 0) is 68.7 Å². The summed E-state index contributed by atoms with van der Waals surface area (Å²) in [4.78, 5) is 24.7. The van der Waals surface area contributed by atoms with Gasteiger partial charge in [-0.1, -0.05) is 12.1 Å². The zero-order valence-electron chi connectivity index (χ0n) is 16.9. The molecule has 2 aromatic carbocycles. The number of hydrogen-bond donors (Lipinski definition) is 1. The number of nitrogens with one attached hydrogen (secondary N) is 1. The van der Waals surface area contributed by atoms with E-state index in [9.17, 15) is 14.0 Å². The SMILES string of the molecule is Cc1cc2occ(CC(=O)O[C@H](C)C(=O)N[C@@H](C)c3ccc(F)cc3)c2cc1C. The number of esters is 1. The second-order valence-corrected chi connectivity index (χ2v) is 7.28. The van der Waals surface area contributed by atoms with Gasteiger partial charge in [0.2, 0.25) is 0 Å². The van der Waals surface area contributed by atoms with Crippen LogP contribution in [0.3, 0.4) is 0 Å².